The molecule has 0 bridgehead atoms. The summed E-state index contributed by atoms with van der Waals surface area (Å²) in [6.07, 6.45) is 1.19. The van der Waals surface area contributed by atoms with Gasteiger partial charge in [-0.05, 0) is 44.9 Å². The van der Waals surface area contributed by atoms with Crippen LogP contribution in [-0.2, 0) is 4.79 Å². The summed E-state index contributed by atoms with van der Waals surface area (Å²) in [7, 11) is 0. The molecular weight excluding hydrogens is 250 g/mol. The highest BCUT2D eigenvalue weighted by Crippen LogP contribution is 2.17. The Kier molecular flexibility index (Phi) is 5.41. The number of para-hydroxylation sites is 1. The number of carbonyl (C=O) groups is 1. The zero-order valence-electron chi connectivity index (χ0n) is 12.4. The molecule has 0 radical (unpaired) electrons. The molecular formula is C16H25N3O. The van der Waals surface area contributed by atoms with Crippen LogP contribution < -0.4 is 10.6 Å². The van der Waals surface area contributed by atoms with Crippen LogP contribution in [0.4, 0.5) is 5.69 Å². The van der Waals surface area contributed by atoms with Gasteiger partial charge in [-0.15, -0.1) is 0 Å². The van der Waals surface area contributed by atoms with Crippen molar-refractivity contribution >= 4 is 11.6 Å². The Labute approximate surface area is 121 Å². The van der Waals surface area contributed by atoms with Crippen LogP contribution in [0.15, 0.2) is 30.3 Å². The lowest BCUT2D eigenvalue weighted by Crippen LogP contribution is -2.35. The van der Waals surface area contributed by atoms with Crippen LogP contribution in [0.5, 0.6) is 0 Å². The number of hydrogen-bond donors (Lipinski definition) is 2. The number of anilines is 1. The van der Waals surface area contributed by atoms with Crippen molar-refractivity contribution in [2.24, 2.45) is 5.92 Å². The zero-order valence-corrected chi connectivity index (χ0v) is 12.4. The van der Waals surface area contributed by atoms with E-state index in [4.69, 9.17) is 0 Å². The summed E-state index contributed by atoms with van der Waals surface area (Å²) in [5.74, 6) is 0.662. The molecule has 1 heterocycles. The van der Waals surface area contributed by atoms with E-state index < -0.39 is 0 Å². The monoisotopic (exact) mass is 275 g/mol. The Bertz CT molecular complexity index is 419. The lowest BCUT2D eigenvalue weighted by Gasteiger charge is -2.20. The molecule has 4 nitrogen and oxygen atoms in total. The maximum Gasteiger partial charge on any atom is 0.239 e. The summed E-state index contributed by atoms with van der Waals surface area (Å²) < 4.78 is 0. The van der Waals surface area contributed by atoms with Gasteiger partial charge in [-0.3, -0.25) is 4.79 Å². The second kappa shape index (κ2) is 7.29. The Hall–Kier alpha value is -1.55. The van der Waals surface area contributed by atoms with Crippen LogP contribution in [-0.4, -0.2) is 43.0 Å². The number of rotatable bonds is 6. The highest BCUT2D eigenvalue weighted by atomic mass is 16.1. The summed E-state index contributed by atoms with van der Waals surface area (Å²) in [6.45, 7) is 7.84. The molecule has 1 amide bonds. The van der Waals surface area contributed by atoms with Gasteiger partial charge in [-0.25, -0.2) is 0 Å². The molecule has 0 spiro atoms. The van der Waals surface area contributed by atoms with E-state index in [1.165, 1.54) is 6.42 Å². The van der Waals surface area contributed by atoms with E-state index in [0.29, 0.717) is 18.5 Å². The first-order valence-corrected chi connectivity index (χ1v) is 7.45. The summed E-state index contributed by atoms with van der Waals surface area (Å²) >= 11 is 0. The Morgan fingerprint density at radius 2 is 2.10 bits per heavy atom. The summed E-state index contributed by atoms with van der Waals surface area (Å²) in [5, 5.41) is 6.15. The van der Waals surface area contributed by atoms with E-state index in [0.717, 1.165) is 25.3 Å². The molecule has 1 fully saturated rings. The normalized spacial score (nSPS) is 19.2. The molecule has 110 valence electrons. The van der Waals surface area contributed by atoms with Crippen LogP contribution in [0.3, 0.4) is 0 Å². The van der Waals surface area contributed by atoms with Crippen LogP contribution in [0.2, 0.25) is 0 Å². The molecule has 4 heteroatoms. The standard InChI is InChI=1S/C16H25N3O/c1-13(2)19-9-8-14(12-19)10-18-16(20)11-17-15-6-4-3-5-7-15/h3-7,13-14,17H,8-12H2,1-2H3,(H,18,20). The van der Waals surface area contributed by atoms with Crippen molar-refractivity contribution in [1.82, 2.24) is 10.2 Å². The van der Waals surface area contributed by atoms with Gasteiger partial charge in [0.2, 0.25) is 5.91 Å². The predicted molar refractivity (Wildman–Crippen MR) is 82.8 cm³/mol. The van der Waals surface area contributed by atoms with E-state index in [-0.39, 0.29) is 5.91 Å². The minimum atomic E-state index is 0.0665. The molecule has 2 N–H and O–H groups in total. The van der Waals surface area contributed by atoms with Gasteiger partial charge in [0.15, 0.2) is 0 Å². The van der Waals surface area contributed by atoms with Crippen molar-refractivity contribution in [3.63, 3.8) is 0 Å². The number of hydrogen-bond acceptors (Lipinski definition) is 3. The third-order valence-corrected chi connectivity index (χ3v) is 3.86. The molecule has 0 aliphatic carbocycles. The molecule has 1 aliphatic rings. The fourth-order valence-corrected chi connectivity index (χ4v) is 2.56. The van der Waals surface area contributed by atoms with E-state index in [1.54, 1.807) is 0 Å². The average Bonchev–Trinajstić information content (AvgIpc) is 2.93. The molecule has 1 aliphatic heterocycles. The van der Waals surface area contributed by atoms with Crippen LogP contribution in [0, 0.1) is 5.92 Å². The largest absolute Gasteiger partial charge is 0.376 e. The van der Waals surface area contributed by atoms with Gasteiger partial charge in [0, 0.05) is 24.8 Å². The molecule has 2 rings (SSSR count). The van der Waals surface area contributed by atoms with Crippen LogP contribution >= 0.6 is 0 Å². The Morgan fingerprint density at radius 3 is 2.75 bits per heavy atom. The number of carbonyl (C=O) groups excluding carboxylic acids is 1. The lowest BCUT2D eigenvalue weighted by molar-refractivity contribution is -0.119. The van der Waals surface area contributed by atoms with Gasteiger partial charge in [-0.1, -0.05) is 18.2 Å². The minimum absolute atomic E-state index is 0.0665. The van der Waals surface area contributed by atoms with Gasteiger partial charge >= 0.3 is 0 Å². The molecule has 1 atom stereocenters. The van der Waals surface area contributed by atoms with Crippen molar-refractivity contribution < 1.29 is 4.79 Å². The second-order valence-corrected chi connectivity index (χ2v) is 5.77. The quantitative estimate of drug-likeness (QED) is 0.834. The van der Waals surface area contributed by atoms with Gasteiger partial charge < -0.3 is 15.5 Å². The number of benzene rings is 1. The molecule has 0 saturated carbocycles. The number of amides is 1. The molecule has 1 saturated heterocycles. The number of nitrogens with one attached hydrogen (secondary N) is 2. The van der Waals surface area contributed by atoms with Crippen molar-refractivity contribution in [1.29, 1.82) is 0 Å². The van der Waals surface area contributed by atoms with Crippen molar-refractivity contribution in [2.75, 3.05) is 31.5 Å². The minimum Gasteiger partial charge on any atom is -0.376 e. The van der Waals surface area contributed by atoms with Crippen molar-refractivity contribution in [3.05, 3.63) is 30.3 Å². The topological polar surface area (TPSA) is 44.4 Å². The SMILES string of the molecule is CC(C)N1CCC(CNC(=O)CNc2ccccc2)C1. The van der Waals surface area contributed by atoms with Gasteiger partial charge in [0.25, 0.3) is 0 Å². The zero-order chi connectivity index (χ0) is 14.4. The third-order valence-electron chi connectivity index (χ3n) is 3.86. The van der Waals surface area contributed by atoms with Crippen LogP contribution in [0.1, 0.15) is 20.3 Å². The van der Waals surface area contributed by atoms with Crippen molar-refractivity contribution in [2.45, 2.75) is 26.3 Å². The predicted octanol–water partition coefficient (Wildman–Crippen LogP) is 1.94. The maximum absolute atomic E-state index is 11.8. The molecule has 1 unspecified atom stereocenters. The number of nitrogens with zero attached hydrogens (tertiary/aromatic N) is 1. The van der Waals surface area contributed by atoms with Gasteiger partial charge in [-0.2, -0.15) is 0 Å². The Balaban J connectivity index is 1.63. The van der Waals surface area contributed by atoms with E-state index in [2.05, 4.69) is 29.4 Å². The maximum atomic E-state index is 11.8. The van der Waals surface area contributed by atoms with E-state index in [9.17, 15) is 4.79 Å². The van der Waals surface area contributed by atoms with Crippen LogP contribution in [0.25, 0.3) is 0 Å². The first-order valence-electron chi connectivity index (χ1n) is 7.45. The van der Waals surface area contributed by atoms with Gasteiger partial charge in [0.05, 0.1) is 6.54 Å². The molecule has 20 heavy (non-hydrogen) atoms. The summed E-state index contributed by atoms with van der Waals surface area (Å²) in [4.78, 5) is 14.3. The highest BCUT2D eigenvalue weighted by molar-refractivity contribution is 5.80. The fraction of sp³-hybridized carbons (Fsp3) is 0.562. The second-order valence-electron chi connectivity index (χ2n) is 5.77. The Morgan fingerprint density at radius 1 is 1.35 bits per heavy atom. The average molecular weight is 275 g/mol. The molecule has 1 aromatic carbocycles. The summed E-state index contributed by atoms with van der Waals surface area (Å²) in [6, 6.07) is 10.4. The van der Waals surface area contributed by atoms with E-state index in [1.807, 2.05) is 30.3 Å². The van der Waals surface area contributed by atoms with E-state index >= 15 is 0 Å². The number of likely N-dealkylation sites (tertiary alicyclic amines) is 1. The fourth-order valence-electron chi connectivity index (χ4n) is 2.56. The third kappa shape index (κ3) is 4.53. The lowest BCUT2D eigenvalue weighted by atomic mass is 10.1. The smallest absolute Gasteiger partial charge is 0.239 e. The molecule has 1 aromatic rings. The van der Waals surface area contributed by atoms with Crippen molar-refractivity contribution in [3.8, 4) is 0 Å². The molecule has 0 aromatic heterocycles. The highest BCUT2D eigenvalue weighted by Gasteiger charge is 2.24. The summed E-state index contributed by atoms with van der Waals surface area (Å²) in [5.41, 5.74) is 0.981. The first-order chi connectivity index (χ1) is 9.65. The first kappa shape index (κ1) is 14.9. The van der Waals surface area contributed by atoms with Gasteiger partial charge in [0.1, 0.15) is 0 Å².